The zero-order chi connectivity index (χ0) is 31.9. The Morgan fingerprint density at radius 2 is 1.67 bits per heavy atom. The number of nitrogens with zero attached hydrogens (tertiary/aromatic N) is 3. The lowest BCUT2D eigenvalue weighted by Crippen LogP contribution is -2.52. The van der Waals surface area contributed by atoms with Gasteiger partial charge in [-0.2, -0.15) is 0 Å². The molecule has 2 amide bonds. The molecule has 9 heteroatoms. The van der Waals surface area contributed by atoms with E-state index in [1.165, 1.54) is 46.5 Å². The van der Waals surface area contributed by atoms with Gasteiger partial charge in [0.25, 0.3) is 0 Å². The quantitative estimate of drug-likeness (QED) is 0.251. The summed E-state index contributed by atoms with van der Waals surface area (Å²) < 4.78 is 4.79. The van der Waals surface area contributed by atoms with E-state index in [2.05, 4.69) is 58.1 Å². The standard InChI is InChI=1S/C37H47N5O3S/c1-42(2)31-14-11-28(22-38-31)36-15-18-37(19-16-36,20-17-36)32(41-33(43)24-9-12-29(13-10-24)40-35(44)45-3)27-6-4-5-26(21-27)30-23-39-34(46-30)25-7-8-25/h4-6,11,14,21-25,29,32H,7-10,12-13,15-20H2,1-3H3,(H,40,44)(H,41,43). The number of carbonyl (C=O) groups is 2. The Morgan fingerprint density at radius 1 is 0.935 bits per heavy atom. The van der Waals surface area contributed by atoms with E-state index in [0.717, 1.165) is 70.0 Å². The van der Waals surface area contributed by atoms with Crippen LogP contribution < -0.4 is 15.5 Å². The van der Waals surface area contributed by atoms with Gasteiger partial charge in [-0.25, -0.2) is 14.8 Å². The van der Waals surface area contributed by atoms with Gasteiger partial charge in [0.1, 0.15) is 5.82 Å². The number of benzene rings is 1. The van der Waals surface area contributed by atoms with Crippen LogP contribution in [-0.4, -0.2) is 49.2 Å². The molecule has 2 N–H and O–H groups in total. The lowest BCUT2D eigenvalue weighted by atomic mass is 9.49. The van der Waals surface area contributed by atoms with Crippen LogP contribution in [0.3, 0.4) is 0 Å². The summed E-state index contributed by atoms with van der Waals surface area (Å²) in [6, 6.07) is 13.4. The van der Waals surface area contributed by atoms with E-state index in [1.807, 2.05) is 31.6 Å². The molecule has 8 rings (SSSR count). The van der Waals surface area contributed by atoms with Gasteiger partial charge in [0.05, 0.1) is 23.0 Å². The highest BCUT2D eigenvalue weighted by atomic mass is 32.1. The monoisotopic (exact) mass is 641 g/mol. The molecule has 2 bridgehead atoms. The Labute approximate surface area is 276 Å². The van der Waals surface area contributed by atoms with Gasteiger partial charge >= 0.3 is 6.09 Å². The zero-order valence-corrected chi connectivity index (χ0v) is 28.2. The number of carbonyl (C=O) groups excluding carboxylic acids is 2. The van der Waals surface area contributed by atoms with Crippen molar-refractivity contribution >= 4 is 29.2 Å². The first-order valence-corrected chi connectivity index (χ1v) is 17.9. The summed E-state index contributed by atoms with van der Waals surface area (Å²) in [5.41, 5.74) is 3.95. The van der Waals surface area contributed by atoms with Crippen molar-refractivity contribution in [2.24, 2.45) is 11.3 Å². The van der Waals surface area contributed by atoms with Crippen molar-refractivity contribution in [2.75, 3.05) is 26.1 Å². The minimum atomic E-state index is -0.396. The molecule has 1 unspecified atom stereocenters. The fourth-order valence-corrected chi connectivity index (χ4v) is 9.52. The van der Waals surface area contributed by atoms with Crippen molar-refractivity contribution in [2.45, 2.75) is 100 Å². The first-order valence-electron chi connectivity index (χ1n) is 17.1. The third-order valence-electron chi connectivity index (χ3n) is 11.6. The number of amides is 2. The maximum atomic E-state index is 14.0. The van der Waals surface area contributed by atoms with Gasteiger partial charge in [0, 0.05) is 44.4 Å². The zero-order valence-electron chi connectivity index (χ0n) is 27.4. The van der Waals surface area contributed by atoms with Gasteiger partial charge in [0.15, 0.2) is 0 Å². The molecule has 5 fully saturated rings. The topological polar surface area (TPSA) is 96.4 Å². The predicted molar refractivity (Wildman–Crippen MR) is 182 cm³/mol. The van der Waals surface area contributed by atoms with Crippen LogP contribution in [0.15, 0.2) is 48.8 Å². The molecule has 1 aromatic carbocycles. The second-order valence-corrected chi connectivity index (χ2v) is 15.6. The number of fused-ring (bicyclic) bond motifs is 3. The summed E-state index contributed by atoms with van der Waals surface area (Å²) in [6.45, 7) is 0. The molecule has 3 aromatic rings. The van der Waals surface area contributed by atoms with Crippen LogP contribution in [0.4, 0.5) is 10.6 Å². The minimum Gasteiger partial charge on any atom is -0.453 e. The van der Waals surface area contributed by atoms with Crippen molar-refractivity contribution < 1.29 is 14.3 Å². The van der Waals surface area contributed by atoms with Crippen LogP contribution in [0.1, 0.15) is 105 Å². The van der Waals surface area contributed by atoms with Crippen LogP contribution >= 0.6 is 11.3 Å². The Hall–Kier alpha value is -3.46. The number of nitrogens with one attached hydrogen (secondary N) is 2. The third-order valence-corrected chi connectivity index (χ3v) is 12.8. The second-order valence-electron chi connectivity index (χ2n) is 14.5. The highest BCUT2D eigenvalue weighted by Gasteiger charge is 2.53. The van der Waals surface area contributed by atoms with Crippen LogP contribution in [0, 0.1) is 11.3 Å². The summed E-state index contributed by atoms with van der Waals surface area (Å²) in [7, 11) is 5.46. The van der Waals surface area contributed by atoms with Crippen molar-refractivity contribution in [3.05, 3.63) is 64.9 Å². The summed E-state index contributed by atoms with van der Waals surface area (Å²) in [5, 5.41) is 7.84. The molecule has 5 aliphatic carbocycles. The van der Waals surface area contributed by atoms with Crippen LogP contribution in [-0.2, 0) is 14.9 Å². The summed E-state index contributed by atoms with van der Waals surface area (Å²) in [4.78, 5) is 38.6. The van der Waals surface area contributed by atoms with E-state index in [0.29, 0.717) is 5.92 Å². The number of hydrogen-bond acceptors (Lipinski definition) is 7. The minimum absolute atomic E-state index is 0.0174. The molecule has 2 heterocycles. The number of ether oxygens (including phenoxy) is 1. The largest absolute Gasteiger partial charge is 0.453 e. The average molecular weight is 642 g/mol. The van der Waals surface area contributed by atoms with Gasteiger partial charge in [0.2, 0.25) is 5.91 Å². The Morgan fingerprint density at radius 3 is 2.30 bits per heavy atom. The number of thiazole rings is 1. The highest BCUT2D eigenvalue weighted by Crippen LogP contribution is 2.62. The molecule has 0 spiro atoms. The molecule has 5 saturated carbocycles. The predicted octanol–water partition coefficient (Wildman–Crippen LogP) is 7.51. The first kappa shape index (κ1) is 31.2. The Bertz CT molecular complexity index is 1530. The molecular formula is C37H47N5O3S. The fourth-order valence-electron chi connectivity index (χ4n) is 8.43. The summed E-state index contributed by atoms with van der Waals surface area (Å²) >= 11 is 1.82. The van der Waals surface area contributed by atoms with Crippen molar-refractivity contribution in [3.8, 4) is 10.4 Å². The molecular weight excluding hydrogens is 595 g/mol. The third kappa shape index (κ3) is 6.15. The van der Waals surface area contributed by atoms with Gasteiger partial charge < -0.3 is 20.3 Å². The fraction of sp³-hybridized carbons (Fsp3) is 0.568. The van der Waals surface area contributed by atoms with E-state index in [1.54, 1.807) is 0 Å². The van der Waals surface area contributed by atoms with E-state index < -0.39 is 6.09 Å². The van der Waals surface area contributed by atoms with Crippen LogP contribution in [0.2, 0.25) is 0 Å². The second kappa shape index (κ2) is 12.6. The lowest BCUT2D eigenvalue weighted by molar-refractivity contribution is -0.129. The number of anilines is 1. The Kier molecular flexibility index (Phi) is 8.55. The number of alkyl carbamates (subject to hydrolysis) is 1. The van der Waals surface area contributed by atoms with Crippen molar-refractivity contribution in [1.29, 1.82) is 0 Å². The number of hydrogen-bond donors (Lipinski definition) is 2. The lowest BCUT2D eigenvalue weighted by Gasteiger charge is -2.57. The normalized spacial score (nSPS) is 27.9. The molecule has 0 saturated heterocycles. The number of pyridine rings is 1. The molecule has 5 aliphatic rings. The number of methoxy groups -OCH3 is 1. The number of rotatable bonds is 9. The van der Waals surface area contributed by atoms with Gasteiger partial charge in [-0.3, -0.25) is 4.79 Å². The summed E-state index contributed by atoms with van der Waals surface area (Å²) in [5.74, 6) is 1.74. The van der Waals surface area contributed by atoms with Crippen molar-refractivity contribution in [3.63, 3.8) is 0 Å². The smallest absolute Gasteiger partial charge is 0.407 e. The molecule has 8 nitrogen and oxygen atoms in total. The SMILES string of the molecule is COC(=O)NC1CCC(C(=O)NC(c2cccc(-c3cnc(C4CC4)s3)c2)C23CCC(c4ccc(N(C)C)nc4)(CC2)CC3)CC1. The van der Waals surface area contributed by atoms with Gasteiger partial charge in [-0.05, 0) is 117 Å². The molecule has 1 atom stereocenters. The Balaban J connectivity index is 1.13. The maximum absolute atomic E-state index is 14.0. The maximum Gasteiger partial charge on any atom is 0.407 e. The van der Waals surface area contributed by atoms with E-state index >= 15 is 0 Å². The number of aromatic nitrogens is 2. The van der Waals surface area contributed by atoms with Gasteiger partial charge in [-0.15, -0.1) is 11.3 Å². The molecule has 2 aromatic heterocycles. The van der Waals surface area contributed by atoms with Crippen molar-refractivity contribution in [1.82, 2.24) is 20.6 Å². The molecule has 244 valence electrons. The first-order chi connectivity index (χ1) is 22.3. The average Bonchev–Trinajstić information content (AvgIpc) is 3.83. The molecule has 0 aliphatic heterocycles. The van der Waals surface area contributed by atoms with Gasteiger partial charge in [-0.1, -0.05) is 24.3 Å². The summed E-state index contributed by atoms with van der Waals surface area (Å²) in [6.07, 6.45) is 16.0. The van der Waals surface area contributed by atoms with E-state index in [9.17, 15) is 9.59 Å². The van der Waals surface area contributed by atoms with E-state index in [4.69, 9.17) is 14.7 Å². The molecule has 46 heavy (non-hydrogen) atoms. The molecule has 0 radical (unpaired) electrons. The van der Waals surface area contributed by atoms with Crippen LogP contribution in [0.25, 0.3) is 10.4 Å². The highest BCUT2D eigenvalue weighted by molar-refractivity contribution is 7.15. The van der Waals surface area contributed by atoms with Crippen LogP contribution in [0.5, 0.6) is 0 Å². The van der Waals surface area contributed by atoms with E-state index in [-0.39, 0.29) is 34.7 Å².